The average molecular weight is 343 g/mol. The molecule has 3 rings (SSSR count). The van der Waals surface area contributed by atoms with Gasteiger partial charge in [0.15, 0.2) is 0 Å². The zero-order valence-corrected chi connectivity index (χ0v) is 14.5. The van der Waals surface area contributed by atoms with Gasteiger partial charge in [0.05, 0.1) is 0 Å². The lowest BCUT2D eigenvalue weighted by molar-refractivity contribution is -0.123. The van der Waals surface area contributed by atoms with E-state index >= 15 is 0 Å². The van der Waals surface area contributed by atoms with Crippen molar-refractivity contribution in [2.45, 2.75) is 32.1 Å². The van der Waals surface area contributed by atoms with E-state index in [9.17, 15) is 4.79 Å². The highest BCUT2D eigenvalue weighted by molar-refractivity contribution is 6.30. The zero-order chi connectivity index (χ0) is 14.9. The zero-order valence-electron chi connectivity index (χ0n) is 12.9. The van der Waals surface area contributed by atoms with Gasteiger partial charge in [-0.15, -0.1) is 12.4 Å². The Balaban J connectivity index is 0.00000176. The first-order chi connectivity index (χ1) is 10.1. The Morgan fingerprint density at radius 2 is 2.14 bits per heavy atom. The van der Waals surface area contributed by atoms with Crippen molar-refractivity contribution < 1.29 is 4.79 Å². The lowest BCUT2D eigenvalue weighted by atomic mass is 9.81. The Morgan fingerprint density at radius 1 is 1.41 bits per heavy atom. The van der Waals surface area contributed by atoms with Crippen molar-refractivity contribution in [2.24, 2.45) is 11.3 Å². The summed E-state index contributed by atoms with van der Waals surface area (Å²) in [6, 6.07) is 7.88. The predicted molar refractivity (Wildman–Crippen MR) is 92.8 cm³/mol. The summed E-state index contributed by atoms with van der Waals surface area (Å²) in [5.41, 5.74) is 1.44. The second-order valence-corrected chi connectivity index (χ2v) is 7.22. The first-order valence-corrected chi connectivity index (χ1v) is 8.19. The Morgan fingerprint density at radius 3 is 2.82 bits per heavy atom. The van der Waals surface area contributed by atoms with Crippen LogP contribution in [0.15, 0.2) is 24.3 Å². The highest BCUT2D eigenvalue weighted by atomic mass is 35.5. The smallest absolute Gasteiger partial charge is 0.223 e. The van der Waals surface area contributed by atoms with Crippen LogP contribution in [0.3, 0.4) is 0 Å². The molecule has 1 aliphatic carbocycles. The molecule has 2 N–H and O–H groups in total. The van der Waals surface area contributed by atoms with Crippen LogP contribution in [0.4, 0.5) is 0 Å². The van der Waals surface area contributed by atoms with Crippen LogP contribution in [0.1, 0.15) is 37.7 Å². The quantitative estimate of drug-likeness (QED) is 0.880. The molecule has 5 heteroatoms. The minimum absolute atomic E-state index is 0. The van der Waals surface area contributed by atoms with Gasteiger partial charge in [0.1, 0.15) is 0 Å². The number of piperidine rings is 1. The van der Waals surface area contributed by atoms with Crippen LogP contribution in [0.5, 0.6) is 0 Å². The van der Waals surface area contributed by atoms with Crippen LogP contribution in [0.2, 0.25) is 5.02 Å². The van der Waals surface area contributed by atoms with E-state index in [2.05, 4.69) is 23.6 Å². The van der Waals surface area contributed by atoms with Crippen molar-refractivity contribution in [1.82, 2.24) is 10.6 Å². The fourth-order valence-electron chi connectivity index (χ4n) is 3.23. The summed E-state index contributed by atoms with van der Waals surface area (Å²) in [6.45, 7) is 5.18. The Bertz CT molecular complexity index is 529. The molecule has 1 aromatic carbocycles. The topological polar surface area (TPSA) is 41.1 Å². The molecule has 2 unspecified atom stereocenters. The normalized spacial score (nSPS) is 25.9. The summed E-state index contributed by atoms with van der Waals surface area (Å²) in [5.74, 6) is 0.693. The third-order valence-corrected chi connectivity index (χ3v) is 5.14. The monoisotopic (exact) mass is 342 g/mol. The molecule has 1 heterocycles. The number of hydrogen-bond acceptors (Lipinski definition) is 2. The SMILES string of the molecule is CC1(CNC(=O)C2CC2c2cccc(Cl)c2)CCNCC1.Cl. The third-order valence-electron chi connectivity index (χ3n) is 4.90. The molecule has 0 radical (unpaired) electrons. The third kappa shape index (κ3) is 4.15. The highest BCUT2D eigenvalue weighted by Gasteiger charge is 2.44. The maximum absolute atomic E-state index is 12.3. The van der Waals surface area contributed by atoms with E-state index in [1.807, 2.05) is 18.2 Å². The van der Waals surface area contributed by atoms with Crippen LogP contribution in [0.25, 0.3) is 0 Å². The number of benzene rings is 1. The number of nitrogens with one attached hydrogen (secondary N) is 2. The summed E-state index contributed by atoms with van der Waals surface area (Å²) in [4.78, 5) is 12.3. The molecule has 2 fully saturated rings. The van der Waals surface area contributed by atoms with Gasteiger partial charge in [0.2, 0.25) is 5.91 Å². The standard InChI is InChI=1S/C17H23ClN2O.ClH/c1-17(5-7-19-8-6-17)11-20-16(21)15-10-14(15)12-3-2-4-13(18)9-12;/h2-4,9,14-15,19H,5-8,10-11H2,1H3,(H,20,21);1H. The van der Waals surface area contributed by atoms with E-state index in [0.717, 1.165) is 43.9 Å². The second-order valence-electron chi connectivity index (χ2n) is 6.78. The number of carbonyl (C=O) groups is 1. The van der Waals surface area contributed by atoms with Crippen LogP contribution in [-0.2, 0) is 4.79 Å². The van der Waals surface area contributed by atoms with Crippen molar-refractivity contribution in [1.29, 1.82) is 0 Å². The van der Waals surface area contributed by atoms with Gasteiger partial charge in [-0.1, -0.05) is 30.7 Å². The molecule has 0 aromatic heterocycles. The molecule has 1 saturated heterocycles. The number of amides is 1. The predicted octanol–water partition coefficient (Wildman–Crippen LogP) is 3.37. The van der Waals surface area contributed by atoms with Gasteiger partial charge in [-0.3, -0.25) is 4.79 Å². The number of carbonyl (C=O) groups excluding carboxylic acids is 1. The summed E-state index contributed by atoms with van der Waals surface area (Å²) in [5, 5.41) is 7.29. The molecule has 2 aliphatic rings. The average Bonchev–Trinajstić information content (AvgIpc) is 3.26. The van der Waals surface area contributed by atoms with Gasteiger partial charge in [-0.25, -0.2) is 0 Å². The Labute approximate surface area is 143 Å². The molecular weight excluding hydrogens is 319 g/mol. The molecule has 1 amide bonds. The van der Waals surface area contributed by atoms with E-state index in [0.29, 0.717) is 5.92 Å². The fourth-order valence-corrected chi connectivity index (χ4v) is 3.43. The molecule has 1 saturated carbocycles. The van der Waals surface area contributed by atoms with Gasteiger partial charge in [0, 0.05) is 17.5 Å². The number of rotatable bonds is 4. The molecule has 3 nitrogen and oxygen atoms in total. The fraction of sp³-hybridized carbons (Fsp3) is 0.588. The Hall–Kier alpha value is -0.770. The highest BCUT2D eigenvalue weighted by Crippen LogP contribution is 2.48. The van der Waals surface area contributed by atoms with Gasteiger partial charge in [-0.05, 0) is 61.4 Å². The van der Waals surface area contributed by atoms with Crippen molar-refractivity contribution in [3.63, 3.8) is 0 Å². The molecule has 0 bridgehead atoms. The van der Waals surface area contributed by atoms with Crippen molar-refractivity contribution in [3.8, 4) is 0 Å². The largest absolute Gasteiger partial charge is 0.355 e. The molecule has 2 atom stereocenters. The molecule has 22 heavy (non-hydrogen) atoms. The van der Waals surface area contributed by atoms with E-state index in [4.69, 9.17) is 11.6 Å². The van der Waals surface area contributed by atoms with Crippen molar-refractivity contribution in [2.75, 3.05) is 19.6 Å². The summed E-state index contributed by atoms with van der Waals surface area (Å²) in [6.07, 6.45) is 3.22. The van der Waals surface area contributed by atoms with Crippen LogP contribution in [0, 0.1) is 11.3 Å². The minimum atomic E-state index is 0. The summed E-state index contributed by atoms with van der Waals surface area (Å²) >= 11 is 6.02. The number of halogens is 2. The maximum atomic E-state index is 12.3. The molecule has 122 valence electrons. The lowest BCUT2D eigenvalue weighted by Crippen LogP contribution is -2.43. The van der Waals surface area contributed by atoms with E-state index < -0.39 is 0 Å². The maximum Gasteiger partial charge on any atom is 0.223 e. The minimum Gasteiger partial charge on any atom is -0.355 e. The van der Waals surface area contributed by atoms with Gasteiger partial charge < -0.3 is 10.6 Å². The van der Waals surface area contributed by atoms with Crippen LogP contribution in [-0.4, -0.2) is 25.5 Å². The van der Waals surface area contributed by atoms with Crippen molar-refractivity contribution >= 4 is 29.9 Å². The van der Waals surface area contributed by atoms with Gasteiger partial charge in [-0.2, -0.15) is 0 Å². The van der Waals surface area contributed by atoms with Gasteiger partial charge >= 0.3 is 0 Å². The van der Waals surface area contributed by atoms with E-state index in [1.54, 1.807) is 0 Å². The Kier molecular flexibility index (Phi) is 5.76. The molecular formula is C17H24Cl2N2O. The summed E-state index contributed by atoms with van der Waals surface area (Å²) < 4.78 is 0. The van der Waals surface area contributed by atoms with Gasteiger partial charge in [0.25, 0.3) is 0 Å². The second kappa shape index (κ2) is 7.20. The van der Waals surface area contributed by atoms with Crippen LogP contribution >= 0.6 is 24.0 Å². The molecule has 1 aliphatic heterocycles. The number of hydrogen-bond donors (Lipinski definition) is 2. The first kappa shape index (κ1) is 17.6. The molecule has 1 aromatic rings. The van der Waals surface area contributed by atoms with Crippen LogP contribution < -0.4 is 10.6 Å². The van der Waals surface area contributed by atoms with E-state index in [-0.39, 0.29) is 29.6 Å². The molecule has 0 spiro atoms. The van der Waals surface area contributed by atoms with Crippen molar-refractivity contribution in [3.05, 3.63) is 34.9 Å². The lowest BCUT2D eigenvalue weighted by Gasteiger charge is -2.34. The first-order valence-electron chi connectivity index (χ1n) is 7.81. The summed E-state index contributed by atoms with van der Waals surface area (Å²) in [7, 11) is 0. The van der Waals surface area contributed by atoms with E-state index in [1.165, 1.54) is 5.56 Å².